The summed E-state index contributed by atoms with van der Waals surface area (Å²) in [5.74, 6) is 0.543. The van der Waals surface area contributed by atoms with Crippen LogP contribution in [-0.2, 0) is 10.0 Å². The SMILES string of the molecule is Cc1ccc(S(=O)(=O)N2C(CBr)C[C@H]3CCCC[C@H]32)cc1. The van der Waals surface area contributed by atoms with Gasteiger partial charge < -0.3 is 0 Å². The summed E-state index contributed by atoms with van der Waals surface area (Å²) >= 11 is 3.52. The van der Waals surface area contributed by atoms with Gasteiger partial charge in [-0.15, -0.1) is 0 Å². The molecule has 1 aromatic rings. The lowest BCUT2D eigenvalue weighted by Gasteiger charge is -2.32. The number of rotatable bonds is 3. The van der Waals surface area contributed by atoms with Crippen LogP contribution >= 0.6 is 15.9 Å². The maximum absolute atomic E-state index is 13.1. The molecule has 21 heavy (non-hydrogen) atoms. The zero-order chi connectivity index (χ0) is 15.0. The quantitative estimate of drug-likeness (QED) is 0.759. The van der Waals surface area contributed by atoms with Crippen molar-refractivity contribution in [1.82, 2.24) is 4.31 Å². The molecule has 0 aromatic heterocycles. The van der Waals surface area contributed by atoms with Crippen molar-refractivity contribution in [2.45, 2.75) is 56.0 Å². The normalized spacial score (nSPS) is 30.3. The number of aryl methyl sites for hydroxylation is 1. The van der Waals surface area contributed by atoms with E-state index in [9.17, 15) is 8.42 Å². The van der Waals surface area contributed by atoms with Crippen LogP contribution in [0.3, 0.4) is 0 Å². The topological polar surface area (TPSA) is 37.4 Å². The van der Waals surface area contributed by atoms with E-state index >= 15 is 0 Å². The fraction of sp³-hybridized carbons (Fsp3) is 0.625. The van der Waals surface area contributed by atoms with E-state index < -0.39 is 10.0 Å². The lowest BCUT2D eigenvalue weighted by atomic mass is 9.85. The molecule has 0 spiro atoms. The molecule has 1 aliphatic carbocycles. The highest BCUT2D eigenvalue weighted by atomic mass is 79.9. The lowest BCUT2D eigenvalue weighted by molar-refractivity contribution is 0.249. The number of halogens is 1. The zero-order valence-corrected chi connectivity index (χ0v) is 14.7. The van der Waals surface area contributed by atoms with Gasteiger partial charge in [-0.3, -0.25) is 0 Å². The zero-order valence-electron chi connectivity index (χ0n) is 12.3. The van der Waals surface area contributed by atoms with Gasteiger partial charge in [-0.1, -0.05) is 46.5 Å². The van der Waals surface area contributed by atoms with E-state index in [-0.39, 0.29) is 12.1 Å². The highest BCUT2D eigenvalue weighted by Gasteiger charge is 2.47. The minimum absolute atomic E-state index is 0.101. The Morgan fingerprint density at radius 2 is 1.86 bits per heavy atom. The van der Waals surface area contributed by atoms with Gasteiger partial charge in [0.1, 0.15) is 0 Å². The molecule has 3 atom stereocenters. The minimum atomic E-state index is -3.38. The third-order valence-corrected chi connectivity index (χ3v) is 7.64. The number of hydrogen-bond acceptors (Lipinski definition) is 2. The Labute approximate surface area is 135 Å². The third-order valence-electron chi connectivity index (χ3n) is 4.91. The summed E-state index contributed by atoms with van der Waals surface area (Å²) in [7, 11) is -3.38. The predicted molar refractivity (Wildman–Crippen MR) is 88.1 cm³/mol. The van der Waals surface area contributed by atoms with Gasteiger partial charge in [-0.25, -0.2) is 8.42 Å². The van der Waals surface area contributed by atoms with Crippen LogP contribution in [0.5, 0.6) is 0 Å². The first-order chi connectivity index (χ1) is 10.0. The van der Waals surface area contributed by atoms with Crippen LogP contribution in [0.1, 0.15) is 37.7 Å². The first-order valence-corrected chi connectivity index (χ1v) is 10.3. The van der Waals surface area contributed by atoms with E-state index in [1.165, 1.54) is 12.8 Å². The molecule has 5 heteroatoms. The molecule has 116 valence electrons. The van der Waals surface area contributed by atoms with E-state index in [1.807, 2.05) is 23.4 Å². The van der Waals surface area contributed by atoms with Crippen LogP contribution in [0, 0.1) is 12.8 Å². The molecule has 0 N–H and O–H groups in total. The molecule has 0 bridgehead atoms. The van der Waals surface area contributed by atoms with Gasteiger partial charge in [-0.05, 0) is 44.2 Å². The molecule has 1 heterocycles. The number of benzene rings is 1. The summed E-state index contributed by atoms with van der Waals surface area (Å²) in [5, 5.41) is 0.727. The lowest BCUT2D eigenvalue weighted by Crippen LogP contribution is -2.43. The number of hydrogen-bond donors (Lipinski definition) is 0. The summed E-state index contributed by atoms with van der Waals surface area (Å²) in [4.78, 5) is 0.435. The van der Waals surface area contributed by atoms with Crippen molar-refractivity contribution in [1.29, 1.82) is 0 Å². The molecule has 2 aliphatic rings. The first-order valence-electron chi connectivity index (χ1n) is 7.70. The van der Waals surface area contributed by atoms with Gasteiger partial charge in [0.05, 0.1) is 4.90 Å². The van der Waals surface area contributed by atoms with E-state index in [0.717, 1.165) is 30.2 Å². The van der Waals surface area contributed by atoms with Crippen LogP contribution in [0.4, 0.5) is 0 Å². The second kappa shape index (κ2) is 6.01. The highest BCUT2D eigenvalue weighted by Crippen LogP contribution is 2.43. The summed E-state index contributed by atoms with van der Waals surface area (Å²) in [5.41, 5.74) is 1.09. The molecule has 0 amide bonds. The molecule has 1 aromatic carbocycles. The molecule has 1 unspecified atom stereocenters. The predicted octanol–water partition coefficient (Wildman–Crippen LogP) is 3.71. The van der Waals surface area contributed by atoms with Gasteiger partial charge in [0.15, 0.2) is 0 Å². The second-order valence-corrected chi connectivity index (χ2v) is 8.79. The molecule has 1 saturated heterocycles. The van der Waals surface area contributed by atoms with Crippen molar-refractivity contribution in [2.24, 2.45) is 5.92 Å². The standard InChI is InChI=1S/C16H22BrNO2S/c1-12-6-8-15(9-7-12)21(19,20)18-14(11-17)10-13-4-2-3-5-16(13)18/h6-9,13-14,16H,2-5,10-11H2,1H3/t13-,14?,16-/m1/s1. The summed E-state index contributed by atoms with van der Waals surface area (Å²) in [6.07, 6.45) is 5.58. The average Bonchev–Trinajstić information content (AvgIpc) is 2.87. The third kappa shape index (κ3) is 2.80. The second-order valence-electron chi connectivity index (χ2n) is 6.30. The highest BCUT2D eigenvalue weighted by molar-refractivity contribution is 9.09. The number of alkyl halides is 1. The van der Waals surface area contributed by atoms with Crippen LogP contribution in [0.15, 0.2) is 29.2 Å². The minimum Gasteiger partial charge on any atom is -0.207 e. The van der Waals surface area contributed by atoms with Gasteiger partial charge in [0, 0.05) is 17.4 Å². The fourth-order valence-electron chi connectivity index (χ4n) is 3.86. The van der Waals surface area contributed by atoms with Gasteiger partial charge in [-0.2, -0.15) is 4.31 Å². The van der Waals surface area contributed by atoms with E-state index in [2.05, 4.69) is 15.9 Å². The van der Waals surface area contributed by atoms with Crippen LogP contribution in [0.2, 0.25) is 0 Å². The number of sulfonamides is 1. The monoisotopic (exact) mass is 371 g/mol. The smallest absolute Gasteiger partial charge is 0.207 e. The van der Waals surface area contributed by atoms with Gasteiger partial charge in [0.2, 0.25) is 10.0 Å². The molecule has 3 rings (SSSR count). The molecular formula is C16H22BrNO2S. The summed E-state index contributed by atoms with van der Waals surface area (Å²) in [6.45, 7) is 1.98. The van der Waals surface area contributed by atoms with Crippen LogP contribution in [0.25, 0.3) is 0 Å². The van der Waals surface area contributed by atoms with Crippen LogP contribution in [-0.4, -0.2) is 30.1 Å². The Hall–Kier alpha value is -0.390. The Bertz CT molecular complexity index is 599. The Balaban J connectivity index is 1.97. The molecular weight excluding hydrogens is 350 g/mol. The molecule has 2 fully saturated rings. The average molecular weight is 372 g/mol. The largest absolute Gasteiger partial charge is 0.243 e. The van der Waals surface area contributed by atoms with Crippen molar-refractivity contribution in [3.63, 3.8) is 0 Å². The van der Waals surface area contributed by atoms with E-state index in [0.29, 0.717) is 10.8 Å². The first kappa shape index (κ1) is 15.5. The maximum Gasteiger partial charge on any atom is 0.243 e. The fourth-order valence-corrected chi connectivity index (χ4v) is 6.54. The summed E-state index contributed by atoms with van der Waals surface area (Å²) < 4.78 is 28.0. The van der Waals surface area contributed by atoms with Crippen molar-refractivity contribution in [3.8, 4) is 0 Å². The van der Waals surface area contributed by atoms with E-state index in [1.54, 1.807) is 12.1 Å². The van der Waals surface area contributed by atoms with Crippen molar-refractivity contribution >= 4 is 26.0 Å². The molecule has 1 aliphatic heterocycles. The van der Waals surface area contributed by atoms with E-state index in [4.69, 9.17) is 0 Å². The molecule has 3 nitrogen and oxygen atoms in total. The Kier molecular flexibility index (Phi) is 4.44. The summed E-state index contributed by atoms with van der Waals surface area (Å²) in [6, 6.07) is 7.55. The van der Waals surface area contributed by atoms with Gasteiger partial charge in [0.25, 0.3) is 0 Å². The molecule has 0 radical (unpaired) electrons. The van der Waals surface area contributed by atoms with Gasteiger partial charge >= 0.3 is 0 Å². The van der Waals surface area contributed by atoms with Crippen molar-refractivity contribution < 1.29 is 8.42 Å². The van der Waals surface area contributed by atoms with Crippen molar-refractivity contribution in [2.75, 3.05) is 5.33 Å². The number of nitrogens with zero attached hydrogens (tertiary/aromatic N) is 1. The van der Waals surface area contributed by atoms with Crippen LogP contribution < -0.4 is 0 Å². The van der Waals surface area contributed by atoms with Crippen molar-refractivity contribution in [3.05, 3.63) is 29.8 Å². The molecule has 1 saturated carbocycles. The Morgan fingerprint density at radius 3 is 2.52 bits per heavy atom. The number of fused-ring (bicyclic) bond motifs is 1. The Morgan fingerprint density at radius 1 is 1.19 bits per heavy atom. The maximum atomic E-state index is 13.1.